The van der Waals surface area contributed by atoms with E-state index in [4.69, 9.17) is 10.8 Å². The van der Waals surface area contributed by atoms with Gasteiger partial charge >= 0.3 is 5.97 Å². The van der Waals surface area contributed by atoms with Crippen molar-refractivity contribution in [2.24, 2.45) is 5.73 Å². The molecule has 0 spiro atoms. The van der Waals surface area contributed by atoms with Crippen molar-refractivity contribution in [3.8, 4) is 0 Å². The molecule has 16 heavy (non-hydrogen) atoms. The molecular weight excluding hydrogens is 204 g/mol. The molecule has 0 fully saturated rings. The van der Waals surface area contributed by atoms with Crippen LogP contribution in [0.3, 0.4) is 0 Å². The molecule has 0 radical (unpaired) electrons. The average molecular weight is 222 g/mol. The standard InChI is InChI=1S/C12H18N2O2/c1-9-4-3-5-10(6-9)7-14(2)8-11(13)12(15)16/h3-6,11H,7-8,13H2,1-2H3,(H,15,16). The van der Waals surface area contributed by atoms with Crippen molar-refractivity contribution in [3.05, 3.63) is 35.4 Å². The van der Waals surface area contributed by atoms with E-state index in [1.165, 1.54) is 11.1 Å². The Kier molecular flexibility index (Phi) is 4.46. The van der Waals surface area contributed by atoms with Crippen LogP contribution in [0.1, 0.15) is 11.1 Å². The second-order valence-electron chi connectivity index (χ2n) is 4.13. The van der Waals surface area contributed by atoms with E-state index in [0.717, 1.165) is 0 Å². The minimum atomic E-state index is -0.962. The van der Waals surface area contributed by atoms with Crippen molar-refractivity contribution in [1.82, 2.24) is 4.90 Å². The largest absolute Gasteiger partial charge is 0.480 e. The first-order chi connectivity index (χ1) is 7.49. The summed E-state index contributed by atoms with van der Waals surface area (Å²) in [6, 6.07) is 7.32. The number of likely N-dealkylation sites (N-methyl/N-ethyl adjacent to an activating group) is 1. The first-order valence-electron chi connectivity index (χ1n) is 5.21. The maximum atomic E-state index is 10.6. The van der Waals surface area contributed by atoms with E-state index < -0.39 is 12.0 Å². The van der Waals surface area contributed by atoms with Gasteiger partial charge in [0.05, 0.1) is 0 Å². The maximum Gasteiger partial charge on any atom is 0.321 e. The number of nitrogens with zero attached hydrogens (tertiary/aromatic N) is 1. The molecule has 88 valence electrons. The second-order valence-corrected chi connectivity index (χ2v) is 4.13. The minimum Gasteiger partial charge on any atom is -0.480 e. The Balaban J connectivity index is 2.51. The van der Waals surface area contributed by atoms with Crippen molar-refractivity contribution in [2.75, 3.05) is 13.6 Å². The SMILES string of the molecule is Cc1cccc(CN(C)CC(N)C(=O)O)c1. The van der Waals surface area contributed by atoms with E-state index in [0.29, 0.717) is 13.1 Å². The van der Waals surface area contributed by atoms with Crippen LogP contribution in [0.4, 0.5) is 0 Å². The Labute approximate surface area is 95.7 Å². The van der Waals surface area contributed by atoms with Crippen LogP contribution in [0.5, 0.6) is 0 Å². The lowest BCUT2D eigenvalue weighted by atomic mass is 10.1. The van der Waals surface area contributed by atoms with Gasteiger partial charge in [-0.15, -0.1) is 0 Å². The number of carbonyl (C=O) groups is 1. The predicted molar refractivity (Wildman–Crippen MR) is 63.1 cm³/mol. The van der Waals surface area contributed by atoms with Gasteiger partial charge in [0.25, 0.3) is 0 Å². The number of aliphatic carboxylic acids is 1. The minimum absolute atomic E-state index is 0.350. The molecule has 1 unspecified atom stereocenters. The van der Waals surface area contributed by atoms with Crippen LogP contribution >= 0.6 is 0 Å². The van der Waals surface area contributed by atoms with Crippen molar-refractivity contribution in [3.63, 3.8) is 0 Å². The highest BCUT2D eigenvalue weighted by Gasteiger charge is 2.13. The average Bonchev–Trinajstić information content (AvgIpc) is 2.16. The molecule has 0 bridgehead atoms. The molecule has 0 aromatic heterocycles. The van der Waals surface area contributed by atoms with E-state index in [1.54, 1.807) is 0 Å². The Bertz CT molecular complexity index is 366. The van der Waals surface area contributed by atoms with Crippen LogP contribution in [0.15, 0.2) is 24.3 Å². The van der Waals surface area contributed by atoms with E-state index in [-0.39, 0.29) is 0 Å². The number of carboxylic acid groups (broad SMARTS) is 1. The topological polar surface area (TPSA) is 66.6 Å². The molecule has 3 N–H and O–H groups in total. The van der Waals surface area contributed by atoms with E-state index in [9.17, 15) is 4.79 Å². The van der Waals surface area contributed by atoms with Gasteiger partial charge in [-0.1, -0.05) is 29.8 Å². The Hall–Kier alpha value is -1.39. The third-order valence-electron chi connectivity index (χ3n) is 2.36. The van der Waals surface area contributed by atoms with Crippen LogP contribution in [0.2, 0.25) is 0 Å². The Morgan fingerprint density at radius 1 is 1.56 bits per heavy atom. The van der Waals surface area contributed by atoms with Crippen LogP contribution in [-0.2, 0) is 11.3 Å². The zero-order chi connectivity index (χ0) is 12.1. The maximum absolute atomic E-state index is 10.6. The fourth-order valence-corrected chi connectivity index (χ4v) is 1.60. The smallest absolute Gasteiger partial charge is 0.321 e. The molecule has 0 saturated heterocycles. The molecule has 1 aromatic carbocycles. The van der Waals surface area contributed by atoms with Crippen molar-refractivity contribution < 1.29 is 9.90 Å². The molecule has 4 heteroatoms. The van der Waals surface area contributed by atoms with E-state index >= 15 is 0 Å². The van der Waals surface area contributed by atoms with Crippen LogP contribution in [0.25, 0.3) is 0 Å². The van der Waals surface area contributed by atoms with Gasteiger partial charge < -0.3 is 10.8 Å². The summed E-state index contributed by atoms with van der Waals surface area (Å²) in [6.07, 6.45) is 0. The number of hydrogen-bond donors (Lipinski definition) is 2. The lowest BCUT2D eigenvalue weighted by Crippen LogP contribution is -2.40. The van der Waals surface area contributed by atoms with Gasteiger partial charge in [-0.25, -0.2) is 0 Å². The number of aryl methyl sites for hydroxylation is 1. The zero-order valence-corrected chi connectivity index (χ0v) is 9.68. The Morgan fingerprint density at radius 3 is 2.81 bits per heavy atom. The highest BCUT2D eigenvalue weighted by atomic mass is 16.4. The summed E-state index contributed by atoms with van der Waals surface area (Å²) in [5.74, 6) is -0.962. The number of carboxylic acids is 1. The third kappa shape index (κ3) is 4.00. The predicted octanol–water partition coefficient (Wildman–Crippen LogP) is 0.839. The van der Waals surface area contributed by atoms with Crippen molar-refractivity contribution in [2.45, 2.75) is 19.5 Å². The summed E-state index contributed by atoms with van der Waals surface area (Å²) in [6.45, 7) is 3.10. The molecule has 4 nitrogen and oxygen atoms in total. The van der Waals surface area contributed by atoms with E-state index in [1.807, 2.05) is 37.1 Å². The quantitative estimate of drug-likeness (QED) is 0.774. The van der Waals surface area contributed by atoms with E-state index in [2.05, 4.69) is 6.07 Å². The molecule has 1 atom stereocenters. The van der Waals surface area contributed by atoms with Gasteiger partial charge in [0.2, 0.25) is 0 Å². The number of rotatable bonds is 5. The van der Waals surface area contributed by atoms with Crippen molar-refractivity contribution >= 4 is 5.97 Å². The molecule has 1 aromatic rings. The number of benzene rings is 1. The zero-order valence-electron chi connectivity index (χ0n) is 9.68. The summed E-state index contributed by atoms with van der Waals surface area (Å²) >= 11 is 0. The normalized spacial score (nSPS) is 12.8. The molecule has 0 amide bonds. The molecule has 0 aliphatic rings. The highest BCUT2D eigenvalue weighted by Crippen LogP contribution is 2.06. The second kappa shape index (κ2) is 5.63. The molecule has 0 aliphatic carbocycles. The fourth-order valence-electron chi connectivity index (χ4n) is 1.60. The van der Waals surface area contributed by atoms with Crippen LogP contribution < -0.4 is 5.73 Å². The summed E-state index contributed by atoms with van der Waals surface area (Å²) in [7, 11) is 1.87. The number of hydrogen-bond acceptors (Lipinski definition) is 3. The Morgan fingerprint density at radius 2 is 2.25 bits per heavy atom. The van der Waals surface area contributed by atoms with Gasteiger partial charge in [0, 0.05) is 13.1 Å². The summed E-state index contributed by atoms with van der Waals surface area (Å²) in [4.78, 5) is 12.5. The van der Waals surface area contributed by atoms with Crippen LogP contribution in [-0.4, -0.2) is 35.6 Å². The first kappa shape index (κ1) is 12.7. The summed E-state index contributed by atoms with van der Waals surface area (Å²) in [5.41, 5.74) is 7.83. The van der Waals surface area contributed by atoms with Gasteiger partial charge in [0.1, 0.15) is 6.04 Å². The molecule has 0 aliphatic heterocycles. The lowest BCUT2D eigenvalue weighted by molar-refractivity contribution is -0.138. The first-order valence-corrected chi connectivity index (χ1v) is 5.21. The van der Waals surface area contributed by atoms with Gasteiger partial charge in [-0.2, -0.15) is 0 Å². The fraction of sp³-hybridized carbons (Fsp3) is 0.417. The summed E-state index contributed by atoms with van der Waals surface area (Å²) in [5, 5.41) is 8.69. The molecular formula is C12H18N2O2. The molecule has 0 saturated carbocycles. The molecule has 0 heterocycles. The highest BCUT2D eigenvalue weighted by molar-refractivity contribution is 5.73. The van der Waals surface area contributed by atoms with Gasteiger partial charge in [0.15, 0.2) is 0 Å². The third-order valence-corrected chi connectivity index (χ3v) is 2.36. The van der Waals surface area contributed by atoms with Gasteiger partial charge in [-0.3, -0.25) is 9.69 Å². The van der Waals surface area contributed by atoms with Crippen LogP contribution in [0, 0.1) is 6.92 Å². The molecule has 1 rings (SSSR count). The lowest BCUT2D eigenvalue weighted by Gasteiger charge is -2.19. The van der Waals surface area contributed by atoms with Crippen molar-refractivity contribution in [1.29, 1.82) is 0 Å². The van der Waals surface area contributed by atoms with Gasteiger partial charge in [-0.05, 0) is 19.5 Å². The number of nitrogens with two attached hydrogens (primary N) is 1. The summed E-state index contributed by atoms with van der Waals surface area (Å²) < 4.78 is 0. The monoisotopic (exact) mass is 222 g/mol.